The zero-order chi connectivity index (χ0) is 18.7. The number of amides is 1. The lowest BCUT2D eigenvalue weighted by Gasteiger charge is -2.40. The molecule has 1 amide bonds. The van der Waals surface area contributed by atoms with E-state index in [9.17, 15) is 4.79 Å². The summed E-state index contributed by atoms with van der Waals surface area (Å²) in [5.41, 5.74) is 3.41. The molecule has 5 nitrogen and oxygen atoms in total. The largest absolute Gasteiger partial charge is 0.372 e. The number of aromatic nitrogens is 2. The number of piperidine rings is 1. The van der Waals surface area contributed by atoms with Crippen molar-refractivity contribution in [2.75, 3.05) is 26.3 Å². The Balaban J connectivity index is 1.57. The van der Waals surface area contributed by atoms with Gasteiger partial charge in [0.1, 0.15) is 6.61 Å². The number of carbonyl (C=O) groups is 1. The van der Waals surface area contributed by atoms with Crippen molar-refractivity contribution in [1.82, 2.24) is 14.9 Å². The number of likely N-dealkylation sites (tertiary alicyclic amines) is 1. The second-order valence-electron chi connectivity index (χ2n) is 7.69. The molecule has 1 saturated heterocycles. The summed E-state index contributed by atoms with van der Waals surface area (Å²) in [5, 5.41) is 0. The van der Waals surface area contributed by atoms with E-state index in [0.717, 1.165) is 62.3 Å². The van der Waals surface area contributed by atoms with Gasteiger partial charge in [0.25, 0.3) is 0 Å². The van der Waals surface area contributed by atoms with E-state index < -0.39 is 0 Å². The molecule has 1 spiro atoms. The zero-order valence-electron chi connectivity index (χ0n) is 16.0. The average Bonchev–Trinajstić information content (AvgIpc) is 3.06. The molecule has 1 aliphatic heterocycles. The van der Waals surface area contributed by atoms with Gasteiger partial charge in [-0.25, -0.2) is 9.97 Å². The minimum absolute atomic E-state index is 0.0273. The Morgan fingerprint density at radius 1 is 1.26 bits per heavy atom. The third-order valence-corrected chi connectivity index (χ3v) is 5.78. The summed E-state index contributed by atoms with van der Waals surface area (Å²) in [5.74, 6) is 0.888. The van der Waals surface area contributed by atoms with E-state index in [0.29, 0.717) is 6.61 Å². The van der Waals surface area contributed by atoms with Crippen molar-refractivity contribution in [3.05, 3.63) is 47.8 Å². The molecule has 1 aromatic heterocycles. The molecule has 1 aliphatic carbocycles. The van der Waals surface area contributed by atoms with Crippen LogP contribution in [0, 0.1) is 0 Å². The molecule has 2 aromatic rings. The van der Waals surface area contributed by atoms with Gasteiger partial charge in [-0.15, -0.1) is 0 Å². The molecule has 1 fully saturated rings. The highest BCUT2D eigenvalue weighted by Gasteiger charge is 2.44. The number of aryl methyl sites for hydroxylation is 1. The first-order valence-electron chi connectivity index (χ1n) is 9.99. The Bertz CT molecular complexity index is 804. The lowest BCUT2D eigenvalue weighted by molar-refractivity contribution is -0.138. The number of carbonyl (C=O) groups excluding carboxylic acids is 1. The maximum Gasteiger partial charge on any atom is 0.248 e. The molecule has 4 rings (SSSR count). The molecule has 1 atom stereocenters. The van der Waals surface area contributed by atoms with Gasteiger partial charge in [-0.2, -0.15) is 0 Å². The highest BCUT2D eigenvalue weighted by molar-refractivity contribution is 5.77. The van der Waals surface area contributed by atoms with E-state index >= 15 is 0 Å². The van der Waals surface area contributed by atoms with Gasteiger partial charge in [0.05, 0.1) is 5.69 Å². The molecule has 0 bridgehead atoms. The van der Waals surface area contributed by atoms with Crippen molar-refractivity contribution in [2.45, 2.75) is 44.4 Å². The molecule has 0 radical (unpaired) electrons. The molecule has 27 heavy (non-hydrogen) atoms. The van der Waals surface area contributed by atoms with Crippen LogP contribution in [0.3, 0.4) is 0 Å². The van der Waals surface area contributed by atoms with Gasteiger partial charge in [0, 0.05) is 36.9 Å². The van der Waals surface area contributed by atoms with E-state index in [1.165, 1.54) is 5.56 Å². The fourth-order valence-corrected chi connectivity index (χ4v) is 4.40. The normalized spacial score (nSPS) is 21.4. The maximum absolute atomic E-state index is 12.6. The van der Waals surface area contributed by atoms with Crippen LogP contribution in [-0.2, 0) is 21.4 Å². The molecule has 142 valence electrons. The van der Waals surface area contributed by atoms with E-state index in [2.05, 4.69) is 11.9 Å². The number of ether oxygens (including phenoxy) is 1. The summed E-state index contributed by atoms with van der Waals surface area (Å²) in [6.45, 7) is 4.46. The summed E-state index contributed by atoms with van der Waals surface area (Å²) in [6, 6.07) is 10.1. The van der Waals surface area contributed by atoms with Crippen molar-refractivity contribution >= 4 is 5.91 Å². The van der Waals surface area contributed by atoms with E-state index in [4.69, 9.17) is 9.72 Å². The van der Waals surface area contributed by atoms with Gasteiger partial charge >= 0.3 is 0 Å². The van der Waals surface area contributed by atoms with Gasteiger partial charge in [-0.05, 0) is 37.7 Å². The summed E-state index contributed by atoms with van der Waals surface area (Å²) in [7, 11) is 0. The predicted octanol–water partition coefficient (Wildman–Crippen LogP) is 3.38. The van der Waals surface area contributed by atoms with Gasteiger partial charge in [0.2, 0.25) is 5.91 Å². The number of hydrogen-bond acceptors (Lipinski definition) is 4. The molecule has 1 aromatic carbocycles. The standard InChI is InChI=1S/C22H27N3O2/c1-2-13-27-15-19(26)25-12-6-10-22(16-25)11-9-18-14-23-21(24-20(18)22)17-7-4-3-5-8-17/h3-5,7-8,14H,2,6,9-13,15-16H2,1H3. The third-order valence-electron chi connectivity index (χ3n) is 5.78. The van der Waals surface area contributed by atoms with Crippen molar-refractivity contribution < 1.29 is 9.53 Å². The van der Waals surface area contributed by atoms with Crippen LogP contribution >= 0.6 is 0 Å². The Morgan fingerprint density at radius 2 is 2.11 bits per heavy atom. The van der Waals surface area contributed by atoms with Crippen molar-refractivity contribution in [3.8, 4) is 11.4 Å². The van der Waals surface area contributed by atoms with Crippen LogP contribution in [0.15, 0.2) is 36.5 Å². The summed E-state index contributed by atoms with van der Waals surface area (Å²) in [4.78, 5) is 24.1. The highest BCUT2D eigenvalue weighted by Crippen LogP contribution is 2.44. The summed E-state index contributed by atoms with van der Waals surface area (Å²) in [6.07, 6.45) is 7.08. The minimum Gasteiger partial charge on any atom is -0.372 e. The van der Waals surface area contributed by atoms with Crippen LogP contribution < -0.4 is 0 Å². The second-order valence-corrected chi connectivity index (χ2v) is 7.69. The van der Waals surface area contributed by atoms with Gasteiger partial charge in [0.15, 0.2) is 5.82 Å². The zero-order valence-corrected chi connectivity index (χ0v) is 16.0. The number of nitrogens with zero attached hydrogens (tertiary/aromatic N) is 3. The molecule has 1 unspecified atom stereocenters. The van der Waals surface area contributed by atoms with Crippen molar-refractivity contribution in [3.63, 3.8) is 0 Å². The van der Waals surface area contributed by atoms with Crippen molar-refractivity contribution in [2.24, 2.45) is 0 Å². The Labute approximate surface area is 160 Å². The first kappa shape index (κ1) is 18.1. The van der Waals surface area contributed by atoms with E-state index in [1.807, 2.05) is 41.4 Å². The fraction of sp³-hybridized carbons (Fsp3) is 0.500. The van der Waals surface area contributed by atoms with Gasteiger partial charge < -0.3 is 9.64 Å². The highest BCUT2D eigenvalue weighted by atomic mass is 16.5. The smallest absolute Gasteiger partial charge is 0.248 e. The molecular weight excluding hydrogens is 338 g/mol. The number of benzene rings is 1. The lowest BCUT2D eigenvalue weighted by Crippen LogP contribution is -2.49. The van der Waals surface area contributed by atoms with Crippen LogP contribution in [0.25, 0.3) is 11.4 Å². The van der Waals surface area contributed by atoms with Crippen LogP contribution in [0.5, 0.6) is 0 Å². The van der Waals surface area contributed by atoms with Crippen LogP contribution in [0.2, 0.25) is 0 Å². The third kappa shape index (κ3) is 3.61. The monoisotopic (exact) mass is 365 g/mol. The molecular formula is C22H27N3O2. The maximum atomic E-state index is 12.6. The quantitative estimate of drug-likeness (QED) is 0.762. The fourth-order valence-electron chi connectivity index (χ4n) is 4.40. The molecule has 2 aliphatic rings. The average molecular weight is 365 g/mol. The topological polar surface area (TPSA) is 55.3 Å². The Kier molecular flexibility index (Phi) is 5.21. The number of fused-ring (bicyclic) bond motifs is 2. The van der Waals surface area contributed by atoms with Crippen molar-refractivity contribution in [1.29, 1.82) is 0 Å². The number of hydrogen-bond donors (Lipinski definition) is 0. The Hall–Kier alpha value is -2.27. The van der Waals surface area contributed by atoms with Gasteiger partial charge in [-0.1, -0.05) is 37.3 Å². The molecule has 0 saturated carbocycles. The van der Waals surface area contributed by atoms with E-state index in [-0.39, 0.29) is 17.9 Å². The minimum atomic E-state index is -0.0273. The van der Waals surface area contributed by atoms with E-state index in [1.54, 1.807) is 0 Å². The summed E-state index contributed by atoms with van der Waals surface area (Å²) >= 11 is 0. The summed E-state index contributed by atoms with van der Waals surface area (Å²) < 4.78 is 5.48. The molecule has 2 heterocycles. The first-order chi connectivity index (χ1) is 13.2. The number of rotatable bonds is 5. The molecule has 5 heteroatoms. The van der Waals surface area contributed by atoms with Crippen LogP contribution in [0.1, 0.15) is 43.9 Å². The van der Waals surface area contributed by atoms with Crippen LogP contribution in [-0.4, -0.2) is 47.1 Å². The first-order valence-corrected chi connectivity index (χ1v) is 9.99. The Morgan fingerprint density at radius 3 is 2.93 bits per heavy atom. The second kappa shape index (κ2) is 7.77. The molecule has 0 N–H and O–H groups in total. The lowest BCUT2D eigenvalue weighted by atomic mass is 9.77. The van der Waals surface area contributed by atoms with Crippen LogP contribution in [0.4, 0.5) is 0 Å². The van der Waals surface area contributed by atoms with Gasteiger partial charge in [-0.3, -0.25) is 4.79 Å². The SMILES string of the molecule is CCCOCC(=O)N1CCCC2(CCc3cnc(-c4ccccc4)nc32)C1. The predicted molar refractivity (Wildman–Crippen MR) is 104 cm³/mol.